The van der Waals surface area contributed by atoms with Crippen LogP contribution in [0.3, 0.4) is 0 Å². The minimum absolute atomic E-state index is 0.00176. The van der Waals surface area contributed by atoms with Crippen molar-refractivity contribution in [3.8, 4) is 0 Å². The minimum Gasteiger partial charge on any atom is -0.383 e. The molecule has 0 bridgehead atoms. The molecule has 4 N–H and O–H groups in total. The van der Waals surface area contributed by atoms with Crippen LogP contribution in [-0.2, 0) is 6.54 Å². The highest BCUT2D eigenvalue weighted by Gasteiger charge is 2.16. The summed E-state index contributed by atoms with van der Waals surface area (Å²) >= 11 is 5.63. The van der Waals surface area contributed by atoms with Gasteiger partial charge >= 0.3 is 0 Å². The summed E-state index contributed by atoms with van der Waals surface area (Å²) in [4.78, 5) is 3.57. The predicted octanol–water partition coefficient (Wildman–Crippen LogP) is 1.71. The van der Waals surface area contributed by atoms with Gasteiger partial charge in [0.25, 0.3) is 6.43 Å². The molecule has 6 heteroatoms. The highest BCUT2D eigenvalue weighted by Crippen LogP contribution is 2.30. The fraction of sp³-hybridized carbons (Fsp3) is 0.286. The smallest absolute Gasteiger partial charge is 0.266 e. The van der Waals surface area contributed by atoms with Crippen LogP contribution in [0.4, 0.5) is 14.6 Å². The Balaban J connectivity index is 3.27. The topological polar surface area (TPSA) is 64.9 Å². The summed E-state index contributed by atoms with van der Waals surface area (Å²) in [7, 11) is 0. The lowest BCUT2D eigenvalue weighted by Crippen LogP contribution is -2.06. The van der Waals surface area contributed by atoms with E-state index in [-0.39, 0.29) is 28.5 Å². The maximum Gasteiger partial charge on any atom is 0.266 e. The highest BCUT2D eigenvalue weighted by atomic mass is 35.5. The van der Waals surface area contributed by atoms with Crippen molar-refractivity contribution in [3.63, 3.8) is 0 Å². The van der Waals surface area contributed by atoms with Crippen molar-refractivity contribution in [3.05, 3.63) is 22.3 Å². The molecule has 72 valence electrons. The average Bonchev–Trinajstić information content (AvgIpc) is 2.04. The first-order valence-corrected chi connectivity index (χ1v) is 3.86. The molecule has 0 radical (unpaired) electrons. The number of halogens is 3. The van der Waals surface area contributed by atoms with E-state index in [0.717, 1.165) is 6.20 Å². The van der Waals surface area contributed by atoms with Crippen molar-refractivity contribution in [2.45, 2.75) is 13.0 Å². The number of anilines is 1. The Morgan fingerprint density at radius 2 is 2.15 bits per heavy atom. The fourth-order valence-corrected chi connectivity index (χ4v) is 1.21. The summed E-state index contributed by atoms with van der Waals surface area (Å²) in [5, 5.41) is -0.0926. The van der Waals surface area contributed by atoms with Crippen LogP contribution in [0.5, 0.6) is 0 Å². The maximum atomic E-state index is 12.3. The molecular formula is C7H8ClF2N3. The lowest BCUT2D eigenvalue weighted by molar-refractivity contribution is 0.151. The zero-order valence-electron chi connectivity index (χ0n) is 6.60. The Kier molecular flexibility index (Phi) is 3.00. The first-order valence-electron chi connectivity index (χ1n) is 3.49. The number of hydrogen-bond acceptors (Lipinski definition) is 3. The summed E-state index contributed by atoms with van der Waals surface area (Å²) in [6.45, 7) is -0.00176. The average molecular weight is 208 g/mol. The molecule has 0 aliphatic rings. The van der Waals surface area contributed by atoms with Gasteiger partial charge in [-0.2, -0.15) is 0 Å². The van der Waals surface area contributed by atoms with Gasteiger partial charge in [-0.1, -0.05) is 11.6 Å². The van der Waals surface area contributed by atoms with E-state index in [0.29, 0.717) is 0 Å². The van der Waals surface area contributed by atoms with Crippen LogP contribution >= 0.6 is 11.6 Å². The summed E-state index contributed by atoms with van der Waals surface area (Å²) in [5.41, 5.74) is 10.6. The zero-order valence-corrected chi connectivity index (χ0v) is 7.35. The van der Waals surface area contributed by atoms with Crippen molar-refractivity contribution in [1.29, 1.82) is 0 Å². The van der Waals surface area contributed by atoms with E-state index in [4.69, 9.17) is 23.1 Å². The molecule has 1 heterocycles. The minimum atomic E-state index is -2.66. The zero-order chi connectivity index (χ0) is 10.0. The van der Waals surface area contributed by atoms with Gasteiger partial charge < -0.3 is 11.5 Å². The van der Waals surface area contributed by atoms with Gasteiger partial charge in [0.1, 0.15) is 5.82 Å². The Bertz CT molecular complexity index is 317. The van der Waals surface area contributed by atoms with Gasteiger partial charge in [0, 0.05) is 18.3 Å². The lowest BCUT2D eigenvalue weighted by atomic mass is 10.2. The standard InChI is InChI=1S/C7H8ClF2N3/c8-5-3(1-11)7(12)13-2-4(5)6(9)10/h2,6H,1,11H2,(H2,12,13). The number of nitrogens with two attached hydrogens (primary N) is 2. The number of aromatic nitrogens is 1. The van der Waals surface area contributed by atoms with Crippen molar-refractivity contribution in [1.82, 2.24) is 4.98 Å². The third kappa shape index (κ3) is 1.87. The van der Waals surface area contributed by atoms with Gasteiger partial charge in [-0.05, 0) is 0 Å². The predicted molar refractivity (Wildman–Crippen MR) is 46.5 cm³/mol. The molecule has 0 amide bonds. The second kappa shape index (κ2) is 3.85. The van der Waals surface area contributed by atoms with Crippen molar-refractivity contribution >= 4 is 17.4 Å². The van der Waals surface area contributed by atoms with Crippen LogP contribution in [-0.4, -0.2) is 4.98 Å². The molecule has 0 atom stereocenters. The molecule has 0 saturated carbocycles. The largest absolute Gasteiger partial charge is 0.383 e. The second-order valence-electron chi connectivity index (χ2n) is 2.40. The van der Waals surface area contributed by atoms with Gasteiger partial charge in [-0.15, -0.1) is 0 Å². The van der Waals surface area contributed by atoms with Crippen molar-refractivity contribution in [2.75, 3.05) is 5.73 Å². The lowest BCUT2D eigenvalue weighted by Gasteiger charge is -2.08. The molecule has 3 nitrogen and oxygen atoms in total. The number of hydrogen-bond donors (Lipinski definition) is 2. The molecule has 13 heavy (non-hydrogen) atoms. The van der Waals surface area contributed by atoms with E-state index in [2.05, 4.69) is 4.98 Å². The molecule has 1 aromatic heterocycles. The fourth-order valence-electron chi connectivity index (χ4n) is 0.907. The van der Waals surface area contributed by atoms with Crippen LogP contribution in [0.15, 0.2) is 6.20 Å². The van der Waals surface area contributed by atoms with Gasteiger partial charge in [0.2, 0.25) is 0 Å². The van der Waals surface area contributed by atoms with Gasteiger partial charge in [-0.3, -0.25) is 0 Å². The third-order valence-electron chi connectivity index (χ3n) is 1.61. The molecule has 0 unspecified atom stereocenters. The molecule has 0 saturated heterocycles. The van der Waals surface area contributed by atoms with E-state index >= 15 is 0 Å². The normalized spacial score (nSPS) is 10.8. The Labute approximate surface area is 78.7 Å². The number of alkyl halides is 2. The Morgan fingerprint density at radius 1 is 1.54 bits per heavy atom. The Hall–Kier alpha value is -0.940. The number of pyridine rings is 1. The van der Waals surface area contributed by atoms with E-state index in [1.54, 1.807) is 0 Å². The Morgan fingerprint density at radius 3 is 2.62 bits per heavy atom. The van der Waals surface area contributed by atoms with Crippen LogP contribution < -0.4 is 11.5 Å². The molecule has 0 aliphatic carbocycles. The van der Waals surface area contributed by atoms with Gasteiger partial charge in [-0.25, -0.2) is 13.8 Å². The van der Waals surface area contributed by atoms with Crippen LogP contribution in [0, 0.1) is 0 Å². The van der Waals surface area contributed by atoms with E-state index in [1.807, 2.05) is 0 Å². The monoisotopic (exact) mass is 207 g/mol. The number of rotatable bonds is 2. The molecule has 1 aromatic rings. The first kappa shape index (κ1) is 10.1. The first-order chi connectivity index (χ1) is 6.07. The molecule has 0 fully saturated rings. The molecule has 0 spiro atoms. The van der Waals surface area contributed by atoms with Crippen LogP contribution in [0.2, 0.25) is 5.02 Å². The molecule has 0 aliphatic heterocycles. The summed E-state index contributed by atoms with van der Waals surface area (Å²) in [6.07, 6.45) is -1.70. The molecule has 1 rings (SSSR count). The van der Waals surface area contributed by atoms with E-state index in [9.17, 15) is 8.78 Å². The number of nitrogen functional groups attached to an aromatic ring is 1. The summed E-state index contributed by atoms with van der Waals surface area (Å²) in [5.74, 6) is 0.0944. The van der Waals surface area contributed by atoms with E-state index < -0.39 is 6.43 Å². The third-order valence-corrected chi connectivity index (χ3v) is 2.06. The number of nitrogens with zero attached hydrogens (tertiary/aromatic N) is 1. The summed E-state index contributed by atoms with van der Waals surface area (Å²) in [6, 6.07) is 0. The highest BCUT2D eigenvalue weighted by molar-refractivity contribution is 6.32. The van der Waals surface area contributed by atoms with Crippen molar-refractivity contribution in [2.24, 2.45) is 5.73 Å². The van der Waals surface area contributed by atoms with Gasteiger partial charge in [0.15, 0.2) is 0 Å². The quantitative estimate of drug-likeness (QED) is 0.776. The SMILES string of the molecule is NCc1c(N)ncc(C(F)F)c1Cl. The summed E-state index contributed by atoms with van der Waals surface area (Å²) < 4.78 is 24.5. The second-order valence-corrected chi connectivity index (χ2v) is 2.77. The van der Waals surface area contributed by atoms with Crippen LogP contribution in [0.1, 0.15) is 17.6 Å². The van der Waals surface area contributed by atoms with Gasteiger partial charge in [0.05, 0.1) is 10.6 Å². The van der Waals surface area contributed by atoms with E-state index in [1.165, 1.54) is 0 Å². The maximum absolute atomic E-state index is 12.3. The van der Waals surface area contributed by atoms with Crippen molar-refractivity contribution < 1.29 is 8.78 Å². The molecular weight excluding hydrogens is 200 g/mol. The van der Waals surface area contributed by atoms with Crippen LogP contribution in [0.25, 0.3) is 0 Å². The molecule has 0 aromatic carbocycles.